The molecule has 0 radical (unpaired) electrons. The summed E-state index contributed by atoms with van der Waals surface area (Å²) in [4.78, 5) is 4.66. The van der Waals surface area contributed by atoms with Gasteiger partial charge in [-0.25, -0.2) is 4.98 Å². The predicted molar refractivity (Wildman–Crippen MR) is 76.7 cm³/mol. The van der Waals surface area contributed by atoms with Crippen LogP contribution in [0, 0.1) is 5.92 Å². The number of halogens is 2. The number of hydrogen-bond donors (Lipinski definition) is 0. The molecular weight excluding hydrogens is 300 g/mol. The van der Waals surface area contributed by atoms with Gasteiger partial charge in [-0.05, 0) is 24.1 Å². The third-order valence-electron chi connectivity index (χ3n) is 2.66. The number of aromatic nitrogens is 2. The molecule has 0 unspecified atom stereocenters. The van der Waals surface area contributed by atoms with E-state index in [-0.39, 0.29) is 0 Å². The molecule has 1 aromatic heterocycles. The van der Waals surface area contributed by atoms with E-state index in [9.17, 15) is 0 Å². The van der Waals surface area contributed by atoms with E-state index in [1.165, 1.54) is 5.52 Å². The third-order valence-corrected chi connectivity index (χ3v) is 3.34. The van der Waals surface area contributed by atoms with Crippen molar-refractivity contribution in [3.63, 3.8) is 0 Å². The molecule has 0 aliphatic heterocycles. The minimum atomic E-state index is 0.602. The summed E-state index contributed by atoms with van der Waals surface area (Å²) in [6.45, 7) is 5.43. The van der Waals surface area contributed by atoms with Gasteiger partial charge in [-0.2, -0.15) is 0 Å². The van der Waals surface area contributed by atoms with Crippen LogP contribution in [0.4, 0.5) is 0 Å². The lowest BCUT2D eigenvalue weighted by Crippen LogP contribution is -2.09. The lowest BCUT2D eigenvalue weighted by molar-refractivity contribution is 0.519. The van der Waals surface area contributed by atoms with Gasteiger partial charge in [0.1, 0.15) is 5.82 Å². The van der Waals surface area contributed by atoms with Crippen molar-refractivity contribution in [3.8, 4) is 0 Å². The highest BCUT2D eigenvalue weighted by molar-refractivity contribution is 9.10. The molecule has 0 bridgehead atoms. The summed E-state index contributed by atoms with van der Waals surface area (Å²) in [5, 5.41) is 0. The smallest absolute Gasteiger partial charge is 0.111 e. The Morgan fingerprint density at radius 3 is 2.82 bits per heavy atom. The molecule has 1 heterocycles. The summed E-state index contributed by atoms with van der Waals surface area (Å²) < 4.78 is 3.35. The van der Waals surface area contributed by atoms with E-state index >= 15 is 0 Å². The second-order valence-electron chi connectivity index (χ2n) is 4.60. The van der Waals surface area contributed by atoms with Crippen molar-refractivity contribution >= 4 is 38.6 Å². The average Bonchev–Trinajstić information content (AvgIpc) is 2.56. The van der Waals surface area contributed by atoms with Crippen molar-refractivity contribution in [2.24, 2.45) is 5.92 Å². The second-order valence-corrected chi connectivity index (χ2v) is 5.90. The Hall–Kier alpha value is -0.540. The first-order chi connectivity index (χ1) is 8.11. The van der Waals surface area contributed by atoms with Crippen LogP contribution in [0.25, 0.3) is 11.0 Å². The van der Waals surface area contributed by atoms with Crippen molar-refractivity contribution in [1.29, 1.82) is 0 Å². The van der Waals surface area contributed by atoms with Crippen molar-refractivity contribution in [2.75, 3.05) is 5.88 Å². The SMILES string of the molecule is CC(C)Cn1c(CCCl)nc2cc(Br)ccc21. The number of hydrogen-bond acceptors (Lipinski definition) is 1. The van der Waals surface area contributed by atoms with Gasteiger partial charge in [0.05, 0.1) is 11.0 Å². The van der Waals surface area contributed by atoms with Gasteiger partial charge in [0.15, 0.2) is 0 Å². The Kier molecular flexibility index (Phi) is 4.10. The fourth-order valence-electron chi connectivity index (χ4n) is 2.00. The molecule has 0 saturated carbocycles. The zero-order valence-corrected chi connectivity index (χ0v) is 12.4. The average molecular weight is 316 g/mol. The number of aryl methyl sites for hydroxylation is 1. The molecule has 0 fully saturated rings. The van der Waals surface area contributed by atoms with Crippen LogP contribution >= 0.6 is 27.5 Å². The minimum Gasteiger partial charge on any atom is -0.328 e. The van der Waals surface area contributed by atoms with Crippen molar-refractivity contribution in [2.45, 2.75) is 26.8 Å². The van der Waals surface area contributed by atoms with Crippen LogP contribution in [0.2, 0.25) is 0 Å². The normalized spacial score (nSPS) is 11.6. The molecule has 0 N–H and O–H groups in total. The van der Waals surface area contributed by atoms with E-state index in [0.717, 1.165) is 28.8 Å². The van der Waals surface area contributed by atoms with E-state index in [1.54, 1.807) is 0 Å². The maximum absolute atomic E-state index is 5.84. The van der Waals surface area contributed by atoms with Crippen LogP contribution in [-0.4, -0.2) is 15.4 Å². The molecule has 1 aromatic carbocycles. The molecule has 2 nitrogen and oxygen atoms in total. The Labute approximate surface area is 115 Å². The largest absolute Gasteiger partial charge is 0.328 e. The van der Waals surface area contributed by atoms with Gasteiger partial charge in [0.25, 0.3) is 0 Å². The Bertz CT molecular complexity index is 519. The molecule has 0 amide bonds. The monoisotopic (exact) mass is 314 g/mol. The molecular formula is C13H16BrClN2. The molecule has 0 atom stereocenters. The van der Waals surface area contributed by atoms with Gasteiger partial charge in [0.2, 0.25) is 0 Å². The Morgan fingerprint density at radius 2 is 2.18 bits per heavy atom. The highest BCUT2D eigenvalue weighted by Gasteiger charge is 2.11. The summed E-state index contributed by atoms with van der Waals surface area (Å²) in [6.07, 6.45) is 0.820. The van der Waals surface area contributed by atoms with Gasteiger partial charge in [-0.1, -0.05) is 29.8 Å². The summed E-state index contributed by atoms with van der Waals surface area (Å²) in [5.41, 5.74) is 2.24. The van der Waals surface area contributed by atoms with E-state index < -0.39 is 0 Å². The lowest BCUT2D eigenvalue weighted by atomic mass is 10.2. The van der Waals surface area contributed by atoms with Gasteiger partial charge >= 0.3 is 0 Å². The number of alkyl halides is 1. The van der Waals surface area contributed by atoms with Crippen LogP contribution in [0.1, 0.15) is 19.7 Å². The molecule has 0 aliphatic rings. The van der Waals surface area contributed by atoms with Crippen molar-refractivity contribution < 1.29 is 0 Å². The van der Waals surface area contributed by atoms with Crippen molar-refractivity contribution in [3.05, 3.63) is 28.5 Å². The molecule has 17 heavy (non-hydrogen) atoms. The first kappa shape index (κ1) is 12.9. The van der Waals surface area contributed by atoms with E-state index in [1.807, 2.05) is 0 Å². The second kappa shape index (κ2) is 5.40. The first-order valence-corrected chi connectivity index (χ1v) is 7.15. The highest BCUT2D eigenvalue weighted by Crippen LogP contribution is 2.22. The molecule has 2 aromatic rings. The third kappa shape index (κ3) is 2.83. The molecule has 0 spiro atoms. The molecule has 92 valence electrons. The minimum absolute atomic E-state index is 0.602. The number of rotatable bonds is 4. The van der Waals surface area contributed by atoms with Gasteiger partial charge in [-0.15, -0.1) is 11.6 Å². The zero-order chi connectivity index (χ0) is 12.4. The topological polar surface area (TPSA) is 17.8 Å². The first-order valence-electron chi connectivity index (χ1n) is 5.82. The number of fused-ring (bicyclic) bond motifs is 1. The summed E-state index contributed by atoms with van der Waals surface area (Å²) in [6, 6.07) is 6.24. The van der Waals surface area contributed by atoms with E-state index in [2.05, 4.69) is 57.5 Å². The zero-order valence-electron chi connectivity index (χ0n) is 10.1. The fourth-order valence-corrected chi connectivity index (χ4v) is 2.52. The van der Waals surface area contributed by atoms with E-state index in [0.29, 0.717) is 11.8 Å². The maximum Gasteiger partial charge on any atom is 0.111 e. The standard InChI is InChI=1S/C13H16BrClN2/c1-9(2)8-17-12-4-3-10(14)7-11(12)16-13(17)5-6-15/h3-4,7,9H,5-6,8H2,1-2H3. The highest BCUT2D eigenvalue weighted by atomic mass is 79.9. The predicted octanol–water partition coefficient (Wildman–Crippen LogP) is 4.24. The fraction of sp³-hybridized carbons (Fsp3) is 0.462. The van der Waals surface area contributed by atoms with E-state index in [4.69, 9.17) is 11.6 Å². The Balaban J connectivity index is 2.54. The molecule has 0 saturated heterocycles. The van der Waals surface area contributed by atoms with Crippen LogP contribution in [0.5, 0.6) is 0 Å². The summed E-state index contributed by atoms with van der Waals surface area (Å²) in [5.74, 6) is 2.30. The quantitative estimate of drug-likeness (QED) is 0.772. The van der Waals surface area contributed by atoms with Gasteiger partial charge in [0, 0.05) is 23.3 Å². The summed E-state index contributed by atoms with van der Waals surface area (Å²) >= 11 is 9.32. The number of imidazole rings is 1. The summed E-state index contributed by atoms with van der Waals surface area (Å²) in [7, 11) is 0. The van der Waals surface area contributed by atoms with Gasteiger partial charge < -0.3 is 4.57 Å². The molecule has 2 rings (SSSR count). The van der Waals surface area contributed by atoms with Crippen LogP contribution in [0.3, 0.4) is 0 Å². The van der Waals surface area contributed by atoms with Crippen molar-refractivity contribution in [1.82, 2.24) is 9.55 Å². The van der Waals surface area contributed by atoms with Crippen LogP contribution in [0.15, 0.2) is 22.7 Å². The lowest BCUT2D eigenvalue weighted by Gasteiger charge is -2.11. The van der Waals surface area contributed by atoms with Gasteiger partial charge in [-0.3, -0.25) is 0 Å². The molecule has 4 heteroatoms. The Morgan fingerprint density at radius 1 is 1.41 bits per heavy atom. The van der Waals surface area contributed by atoms with Crippen LogP contribution in [-0.2, 0) is 13.0 Å². The van der Waals surface area contributed by atoms with Crippen LogP contribution < -0.4 is 0 Å². The maximum atomic E-state index is 5.84. The molecule has 0 aliphatic carbocycles. The number of nitrogens with zero attached hydrogens (tertiary/aromatic N) is 2. The number of benzene rings is 1.